The van der Waals surface area contributed by atoms with Crippen molar-refractivity contribution in [1.82, 2.24) is 9.38 Å². The number of benzene rings is 1. The fourth-order valence-electron chi connectivity index (χ4n) is 2.82. The average molecular weight is 336 g/mol. The Morgan fingerprint density at radius 1 is 1.21 bits per heavy atom. The van der Waals surface area contributed by atoms with Crippen LogP contribution >= 0.6 is 11.3 Å². The topological polar surface area (TPSA) is 47.5 Å². The molecule has 0 unspecified atom stereocenters. The number of fused-ring (bicyclic) bond motifs is 1. The number of aromatic nitrogens is 2. The first-order valence-electron chi connectivity index (χ1n) is 7.78. The summed E-state index contributed by atoms with van der Waals surface area (Å²) in [6, 6.07) is 12.0. The average Bonchev–Trinajstić information content (AvgIpc) is 3.30. The quantitative estimate of drug-likeness (QED) is 0.478. The van der Waals surface area contributed by atoms with Gasteiger partial charge in [0, 0.05) is 10.9 Å². The molecule has 0 fully saturated rings. The zero-order valence-corrected chi connectivity index (χ0v) is 14.2. The van der Waals surface area contributed by atoms with E-state index in [9.17, 15) is 4.79 Å². The Morgan fingerprint density at radius 2 is 2.00 bits per heavy atom. The van der Waals surface area contributed by atoms with Gasteiger partial charge in [-0.25, -0.2) is 4.98 Å². The second kappa shape index (κ2) is 5.76. The normalized spacial score (nSPS) is 11.5. The van der Waals surface area contributed by atoms with Gasteiger partial charge in [-0.15, -0.1) is 11.3 Å². The highest BCUT2D eigenvalue weighted by atomic mass is 32.1. The van der Waals surface area contributed by atoms with E-state index in [4.69, 9.17) is 4.42 Å². The van der Waals surface area contributed by atoms with Crippen molar-refractivity contribution in [2.24, 2.45) is 0 Å². The standard InChI is InChI=1S/C19H16N2O2S/c1-12(2)13-5-7-14(8-6-13)18-15(10-22)21-16(11-24-19(21)20-18)17-4-3-9-23-17/h3-12H,1-2H3. The van der Waals surface area contributed by atoms with Crippen molar-refractivity contribution >= 4 is 22.6 Å². The van der Waals surface area contributed by atoms with Crippen LogP contribution in [0.1, 0.15) is 35.8 Å². The molecular formula is C19H16N2O2S. The van der Waals surface area contributed by atoms with E-state index in [0.29, 0.717) is 17.3 Å². The molecule has 0 atom stereocenters. The van der Waals surface area contributed by atoms with Crippen LogP contribution in [0.3, 0.4) is 0 Å². The molecular weight excluding hydrogens is 320 g/mol. The van der Waals surface area contributed by atoms with Crippen LogP contribution in [-0.4, -0.2) is 15.7 Å². The maximum absolute atomic E-state index is 11.8. The van der Waals surface area contributed by atoms with Crippen LogP contribution < -0.4 is 0 Å². The number of furan rings is 1. The predicted octanol–water partition coefficient (Wildman–Crippen LogP) is 5.26. The molecule has 4 rings (SSSR count). The van der Waals surface area contributed by atoms with Gasteiger partial charge in [-0.05, 0) is 23.6 Å². The summed E-state index contributed by atoms with van der Waals surface area (Å²) in [7, 11) is 0. The molecule has 0 aliphatic heterocycles. The summed E-state index contributed by atoms with van der Waals surface area (Å²) >= 11 is 1.50. The van der Waals surface area contributed by atoms with E-state index in [2.05, 4.69) is 31.0 Å². The first kappa shape index (κ1) is 14.9. The minimum atomic E-state index is 0.473. The Kier molecular flexibility index (Phi) is 3.58. The number of carbonyl (C=O) groups is 1. The number of hydrogen-bond acceptors (Lipinski definition) is 4. The lowest BCUT2D eigenvalue weighted by atomic mass is 10.0. The molecule has 0 aliphatic rings. The van der Waals surface area contributed by atoms with Gasteiger partial charge in [0.1, 0.15) is 17.1 Å². The highest BCUT2D eigenvalue weighted by molar-refractivity contribution is 7.15. The molecule has 4 aromatic rings. The lowest BCUT2D eigenvalue weighted by Crippen LogP contribution is -1.94. The van der Waals surface area contributed by atoms with Gasteiger partial charge in [0.05, 0.1) is 6.26 Å². The number of carbonyl (C=O) groups excluding carboxylic acids is 1. The fourth-order valence-corrected chi connectivity index (χ4v) is 3.71. The molecule has 1 aromatic carbocycles. The maximum Gasteiger partial charge on any atom is 0.195 e. The van der Waals surface area contributed by atoms with Gasteiger partial charge < -0.3 is 4.42 Å². The van der Waals surface area contributed by atoms with Gasteiger partial charge in [0.15, 0.2) is 17.0 Å². The summed E-state index contributed by atoms with van der Waals surface area (Å²) in [5.41, 5.74) is 4.32. The molecule has 4 nitrogen and oxygen atoms in total. The first-order chi connectivity index (χ1) is 11.7. The molecule has 0 saturated carbocycles. The summed E-state index contributed by atoms with van der Waals surface area (Å²) in [6.07, 6.45) is 2.49. The number of hydrogen-bond donors (Lipinski definition) is 0. The molecule has 0 amide bonds. The Morgan fingerprint density at radius 3 is 2.62 bits per heavy atom. The summed E-state index contributed by atoms with van der Waals surface area (Å²) in [4.78, 5) is 17.2. The molecule has 120 valence electrons. The van der Waals surface area contributed by atoms with Gasteiger partial charge in [-0.1, -0.05) is 38.1 Å². The molecule has 0 bridgehead atoms. The van der Waals surface area contributed by atoms with Crippen molar-refractivity contribution in [1.29, 1.82) is 0 Å². The largest absolute Gasteiger partial charge is 0.463 e. The molecule has 0 aliphatic carbocycles. The second-order valence-electron chi connectivity index (χ2n) is 5.96. The Hall–Kier alpha value is -2.66. The summed E-state index contributed by atoms with van der Waals surface area (Å²) in [6.45, 7) is 4.32. The fraction of sp³-hybridized carbons (Fsp3) is 0.158. The number of nitrogens with zero attached hydrogens (tertiary/aromatic N) is 2. The van der Waals surface area contributed by atoms with E-state index < -0.39 is 0 Å². The van der Waals surface area contributed by atoms with Gasteiger partial charge in [0.2, 0.25) is 0 Å². The van der Waals surface area contributed by atoms with E-state index in [1.165, 1.54) is 16.9 Å². The van der Waals surface area contributed by atoms with E-state index in [-0.39, 0.29) is 0 Å². The number of thiazole rings is 1. The molecule has 0 saturated heterocycles. The number of imidazole rings is 1. The molecule has 0 radical (unpaired) electrons. The van der Waals surface area contributed by atoms with E-state index in [0.717, 1.165) is 28.3 Å². The second-order valence-corrected chi connectivity index (χ2v) is 6.79. The van der Waals surface area contributed by atoms with Crippen LogP contribution in [0.5, 0.6) is 0 Å². The smallest absolute Gasteiger partial charge is 0.195 e. The monoisotopic (exact) mass is 336 g/mol. The van der Waals surface area contributed by atoms with Crippen molar-refractivity contribution in [2.75, 3.05) is 0 Å². The van der Waals surface area contributed by atoms with Crippen LogP contribution in [-0.2, 0) is 0 Å². The van der Waals surface area contributed by atoms with Crippen LogP contribution in [0.15, 0.2) is 52.5 Å². The number of aldehydes is 1. The van der Waals surface area contributed by atoms with E-state index >= 15 is 0 Å². The van der Waals surface area contributed by atoms with Crippen LogP contribution in [0.25, 0.3) is 27.7 Å². The molecule has 0 N–H and O–H groups in total. The lowest BCUT2D eigenvalue weighted by molar-refractivity contribution is 0.111. The third kappa shape index (κ3) is 2.29. The van der Waals surface area contributed by atoms with Crippen molar-refractivity contribution in [3.05, 3.63) is 59.3 Å². The maximum atomic E-state index is 11.8. The molecule has 0 spiro atoms. The van der Waals surface area contributed by atoms with Crippen molar-refractivity contribution in [3.63, 3.8) is 0 Å². The summed E-state index contributed by atoms with van der Waals surface area (Å²) in [5.74, 6) is 1.20. The van der Waals surface area contributed by atoms with Gasteiger partial charge >= 0.3 is 0 Å². The van der Waals surface area contributed by atoms with Crippen LogP contribution in [0.4, 0.5) is 0 Å². The Balaban J connectivity index is 1.89. The first-order valence-corrected chi connectivity index (χ1v) is 8.66. The SMILES string of the molecule is CC(C)c1ccc(-c2nc3scc(-c4ccco4)n3c2C=O)cc1. The predicted molar refractivity (Wildman–Crippen MR) is 95.7 cm³/mol. The van der Waals surface area contributed by atoms with Crippen molar-refractivity contribution in [3.8, 4) is 22.7 Å². The zero-order valence-electron chi connectivity index (χ0n) is 13.4. The zero-order chi connectivity index (χ0) is 16.7. The van der Waals surface area contributed by atoms with E-state index in [1.54, 1.807) is 6.26 Å². The minimum Gasteiger partial charge on any atom is -0.463 e. The molecule has 24 heavy (non-hydrogen) atoms. The summed E-state index contributed by atoms with van der Waals surface area (Å²) in [5, 5.41) is 1.96. The Labute approximate surface area is 143 Å². The van der Waals surface area contributed by atoms with E-state index in [1.807, 2.05) is 34.0 Å². The van der Waals surface area contributed by atoms with Gasteiger partial charge in [0.25, 0.3) is 0 Å². The lowest BCUT2D eigenvalue weighted by Gasteiger charge is -2.06. The van der Waals surface area contributed by atoms with Crippen molar-refractivity contribution < 1.29 is 9.21 Å². The number of rotatable bonds is 4. The molecule has 5 heteroatoms. The van der Waals surface area contributed by atoms with Crippen LogP contribution in [0.2, 0.25) is 0 Å². The van der Waals surface area contributed by atoms with Crippen LogP contribution in [0, 0.1) is 0 Å². The third-order valence-electron chi connectivity index (χ3n) is 4.14. The Bertz CT molecular complexity index is 992. The van der Waals surface area contributed by atoms with Gasteiger partial charge in [-0.3, -0.25) is 9.20 Å². The minimum absolute atomic E-state index is 0.473. The van der Waals surface area contributed by atoms with Gasteiger partial charge in [-0.2, -0.15) is 0 Å². The third-order valence-corrected chi connectivity index (χ3v) is 4.96. The summed E-state index contributed by atoms with van der Waals surface area (Å²) < 4.78 is 7.35. The molecule has 3 heterocycles. The highest BCUT2D eigenvalue weighted by Gasteiger charge is 2.19. The highest BCUT2D eigenvalue weighted by Crippen LogP contribution is 2.32. The van der Waals surface area contributed by atoms with Crippen molar-refractivity contribution in [2.45, 2.75) is 19.8 Å². The molecule has 3 aromatic heterocycles.